The van der Waals surface area contributed by atoms with Crippen LogP contribution in [0.5, 0.6) is 0 Å². The number of hydrogen-bond donors (Lipinski definition) is 0. The highest BCUT2D eigenvalue weighted by Crippen LogP contribution is 2.43. The smallest absolute Gasteiger partial charge is 0.205 e. The van der Waals surface area contributed by atoms with Crippen LogP contribution in [0.3, 0.4) is 0 Å². The lowest BCUT2D eigenvalue weighted by Gasteiger charge is -2.36. The summed E-state index contributed by atoms with van der Waals surface area (Å²) in [6.07, 6.45) is 1.88. The Labute approximate surface area is 85.1 Å². The minimum atomic E-state index is -2.62. The number of halogens is 2. The van der Waals surface area contributed by atoms with Gasteiger partial charge in [0, 0.05) is 12.3 Å². The summed E-state index contributed by atoms with van der Waals surface area (Å²) >= 11 is 0. The number of alkyl halides is 2. The molecule has 14 heavy (non-hydrogen) atoms. The molecular formula is C12H18F2. The molecule has 0 radical (unpaired) electrons. The molecule has 0 saturated heterocycles. The van der Waals surface area contributed by atoms with Gasteiger partial charge in [-0.1, -0.05) is 26.7 Å². The third-order valence-electron chi connectivity index (χ3n) is 2.80. The van der Waals surface area contributed by atoms with Crippen molar-refractivity contribution in [2.45, 2.75) is 52.4 Å². The summed E-state index contributed by atoms with van der Waals surface area (Å²) in [5, 5.41) is 0. The first-order valence-corrected chi connectivity index (χ1v) is 5.17. The van der Waals surface area contributed by atoms with Crippen LogP contribution in [0.15, 0.2) is 0 Å². The van der Waals surface area contributed by atoms with Crippen molar-refractivity contribution in [3.8, 4) is 11.8 Å². The second kappa shape index (κ2) is 3.88. The molecule has 80 valence electrons. The lowest BCUT2D eigenvalue weighted by atomic mass is 9.73. The van der Waals surface area contributed by atoms with E-state index in [1.807, 2.05) is 20.8 Å². The van der Waals surface area contributed by atoms with E-state index < -0.39 is 11.8 Å². The van der Waals surface area contributed by atoms with Gasteiger partial charge in [-0.15, -0.1) is 5.92 Å². The van der Waals surface area contributed by atoms with E-state index in [1.165, 1.54) is 0 Å². The Morgan fingerprint density at radius 1 is 1.21 bits per heavy atom. The van der Waals surface area contributed by atoms with Gasteiger partial charge in [-0.3, -0.25) is 0 Å². The molecule has 1 unspecified atom stereocenters. The Morgan fingerprint density at radius 2 is 1.86 bits per heavy atom. The Balaban J connectivity index is 2.87. The summed E-state index contributed by atoms with van der Waals surface area (Å²) in [6, 6.07) is 0. The molecule has 0 aromatic carbocycles. The molecule has 0 aliphatic heterocycles. The van der Waals surface area contributed by atoms with Crippen LogP contribution in [0.1, 0.15) is 46.5 Å². The minimum Gasteiger partial charge on any atom is -0.205 e. The molecule has 0 amide bonds. The van der Waals surface area contributed by atoms with Crippen molar-refractivity contribution in [3.05, 3.63) is 0 Å². The van der Waals surface area contributed by atoms with Crippen molar-refractivity contribution in [1.82, 2.24) is 0 Å². The predicted octanol–water partition coefficient (Wildman–Crippen LogP) is 3.86. The first kappa shape index (κ1) is 11.5. The highest BCUT2D eigenvalue weighted by Gasteiger charge is 2.45. The zero-order chi connectivity index (χ0) is 10.8. The third kappa shape index (κ3) is 2.70. The zero-order valence-corrected chi connectivity index (χ0v) is 9.16. The molecule has 2 heteroatoms. The van der Waals surface area contributed by atoms with Gasteiger partial charge in [-0.25, -0.2) is 8.78 Å². The van der Waals surface area contributed by atoms with Crippen LogP contribution in [0.25, 0.3) is 0 Å². The molecule has 1 aliphatic carbocycles. The van der Waals surface area contributed by atoms with E-state index >= 15 is 0 Å². The Morgan fingerprint density at radius 3 is 2.43 bits per heavy atom. The van der Waals surface area contributed by atoms with Gasteiger partial charge in [-0.2, -0.15) is 0 Å². The van der Waals surface area contributed by atoms with Crippen LogP contribution in [-0.2, 0) is 0 Å². The van der Waals surface area contributed by atoms with Crippen LogP contribution in [-0.4, -0.2) is 5.92 Å². The van der Waals surface area contributed by atoms with E-state index in [9.17, 15) is 8.78 Å². The topological polar surface area (TPSA) is 0 Å². The summed E-state index contributed by atoms with van der Waals surface area (Å²) in [5.74, 6) is 2.21. The molecule has 0 aromatic heterocycles. The monoisotopic (exact) mass is 200 g/mol. The average Bonchev–Trinajstić information content (AvgIpc) is 1.95. The predicted molar refractivity (Wildman–Crippen MR) is 54.1 cm³/mol. The van der Waals surface area contributed by atoms with Crippen molar-refractivity contribution in [2.24, 2.45) is 11.3 Å². The first-order chi connectivity index (χ1) is 6.34. The summed E-state index contributed by atoms with van der Waals surface area (Å²) in [6.45, 7) is 5.67. The van der Waals surface area contributed by atoms with Crippen LogP contribution in [0.4, 0.5) is 8.78 Å². The molecule has 0 saturated carbocycles. The SMILES string of the molecule is CC(C)(C)C1CCCC#CCC1(F)F. The molecule has 0 fully saturated rings. The molecule has 1 aliphatic rings. The third-order valence-corrected chi connectivity index (χ3v) is 2.80. The highest BCUT2D eigenvalue weighted by atomic mass is 19.3. The summed E-state index contributed by atoms with van der Waals surface area (Å²) < 4.78 is 27.4. The van der Waals surface area contributed by atoms with Crippen molar-refractivity contribution in [3.63, 3.8) is 0 Å². The maximum Gasteiger partial charge on any atom is 0.262 e. The Bertz CT molecular complexity index is 250. The largest absolute Gasteiger partial charge is 0.262 e. The van der Waals surface area contributed by atoms with Crippen molar-refractivity contribution in [2.75, 3.05) is 0 Å². The standard InChI is InChI=1S/C12H18F2/c1-11(2,3)10-8-6-4-5-7-9-12(10,13)14/h10H,4,6,8-9H2,1-3H3. The van der Waals surface area contributed by atoms with E-state index in [1.54, 1.807) is 0 Å². The molecule has 0 aromatic rings. The van der Waals surface area contributed by atoms with Crippen molar-refractivity contribution >= 4 is 0 Å². The van der Waals surface area contributed by atoms with E-state index in [0.29, 0.717) is 6.42 Å². The van der Waals surface area contributed by atoms with E-state index in [0.717, 1.165) is 12.8 Å². The zero-order valence-electron chi connectivity index (χ0n) is 9.16. The van der Waals surface area contributed by atoms with Crippen molar-refractivity contribution < 1.29 is 8.78 Å². The van der Waals surface area contributed by atoms with Crippen LogP contribution < -0.4 is 0 Å². The molecule has 0 bridgehead atoms. The first-order valence-electron chi connectivity index (χ1n) is 5.17. The molecule has 0 N–H and O–H groups in total. The molecule has 1 rings (SSSR count). The van der Waals surface area contributed by atoms with Gasteiger partial charge in [0.2, 0.25) is 0 Å². The van der Waals surface area contributed by atoms with Crippen LogP contribution in [0.2, 0.25) is 0 Å². The van der Waals surface area contributed by atoms with Crippen LogP contribution >= 0.6 is 0 Å². The van der Waals surface area contributed by atoms with Crippen molar-refractivity contribution in [1.29, 1.82) is 0 Å². The van der Waals surface area contributed by atoms with Crippen LogP contribution in [0, 0.1) is 23.2 Å². The second-order valence-corrected chi connectivity index (χ2v) is 5.10. The lowest BCUT2D eigenvalue weighted by molar-refractivity contribution is -0.0977. The molecule has 0 heterocycles. The average molecular weight is 200 g/mol. The number of hydrogen-bond acceptors (Lipinski definition) is 0. The van der Waals surface area contributed by atoms with E-state index in [-0.39, 0.29) is 11.8 Å². The van der Waals surface area contributed by atoms with Gasteiger partial charge in [0.15, 0.2) is 0 Å². The van der Waals surface area contributed by atoms with Gasteiger partial charge in [0.1, 0.15) is 0 Å². The maximum absolute atomic E-state index is 13.7. The molecular weight excluding hydrogens is 182 g/mol. The maximum atomic E-state index is 13.7. The molecule has 0 nitrogen and oxygen atoms in total. The Kier molecular flexibility index (Phi) is 3.19. The summed E-state index contributed by atoms with van der Waals surface area (Å²) in [7, 11) is 0. The second-order valence-electron chi connectivity index (χ2n) is 5.10. The fraction of sp³-hybridized carbons (Fsp3) is 0.833. The molecule has 1 atom stereocenters. The summed E-state index contributed by atoms with van der Waals surface area (Å²) in [4.78, 5) is 0. The summed E-state index contributed by atoms with van der Waals surface area (Å²) in [5.41, 5.74) is -0.331. The van der Waals surface area contributed by atoms with Gasteiger partial charge in [0.25, 0.3) is 5.92 Å². The van der Waals surface area contributed by atoms with Gasteiger partial charge < -0.3 is 0 Å². The lowest BCUT2D eigenvalue weighted by Crippen LogP contribution is -2.37. The van der Waals surface area contributed by atoms with Gasteiger partial charge in [-0.05, 0) is 18.3 Å². The highest BCUT2D eigenvalue weighted by molar-refractivity contribution is 5.06. The Hall–Kier alpha value is -0.580. The fourth-order valence-electron chi connectivity index (χ4n) is 2.06. The fourth-order valence-corrected chi connectivity index (χ4v) is 2.06. The number of rotatable bonds is 0. The normalized spacial score (nSPS) is 27.1. The van der Waals surface area contributed by atoms with Gasteiger partial charge in [0.05, 0.1) is 6.42 Å². The van der Waals surface area contributed by atoms with Gasteiger partial charge >= 0.3 is 0 Å². The molecule has 0 spiro atoms. The van der Waals surface area contributed by atoms with E-state index in [2.05, 4.69) is 11.8 Å². The quantitative estimate of drug-likeness (QED) is 0.521. The van der Waals surface area contributed by atoms with E-state index in [4.69, 9.17) is 0 Å². The minimum absolute atomic E-state index is 0.269.